The smallest absolute Gasteiger partial charge is 0.210 e. The summed E-state index contributed by atoms with van der Waals surface area (Å²) in [6, 6.07) is 8.42. The van der Waals surface area contributed by atoms with E-state index in [1.54, 1.807) is 7.11 Å². The van der Waals surface area contributed by atoms with E-state index in [-0.39, 0.29) is 0 Å². The fourth-order valence-electron chi connectivity index (χ4n) is 3.95. The lowest BCUT2D eigenvalue weighted by Gasteiger charge is -2.36. The van der Waals surface area contributed by atoms with Gasteiger partial charge in [-0.3, -0.25) is 0 Å². The summed E-state index contributed by atoms with van der Waals surface area (Å²) >= 11 is 0. The van der Waals surface area contributed by atoms with Gasteiger partial charge in [0.05, 0.1) is 24.1 Å². The van der Waals surface area contributed by atoms with Gasteiger partial charge >= 0.3 is 0 Å². The molecular weight excluding hydrogens is 312 g/mol. The average Bonchev–Trinajstić information content (AvgIpc) is 2.97. The van der Waals surface area contributed by atoms with Gasteiger partial charge < -0.3 is 19.3 Å². The molecule has 1 aromatic rings. The zero-order valence-electron chi connectivity index (χ0n) is 16.1. The molecule has 2 radical (unpaired) electrons. The molecule has 1 fully saturated rings. The second kappa shape index (κ2) is 8.41. The SMILES string of the molecule is COCCN1[C]N(CO[C@H]2C[C@H](C(C)C)CC[C@@H]2C)c2ccccc21. The monoisotopic (exact) mass is 344 g/mol. The van der Waals surface area contributed by atoms with Gasteiger partial charge in [-0.1, -0.05) is 32.9 Å². The van der Waals surface area contributed by atoms with Crippen LogP contribution in [0.4, 0.5) is 11.4 Å². The molecule has 0 saturated heterocycles. The summed E-state index contributed by atoms with van der Waals surface area (Å²) in [4.78, 5) is 4.24. The molecule has 3 rings (SSSR count). The third-order valence-corrected chi connectivity index (χ3v) is 5.75. The summed E-state index contributed by atoms with van der Waals surface area (Å²) in [7, 11) is 1.73. The zero-order chi connectivity index (χ0) is 17.8. The number of hydrogen-bond donors (Lipinski definition) is 0. The van der Waals surface area contributed by atoms with Gasteiger partial charge in [0, 0.05) is 13.7 Å². The Hall–Kier alpha value is -1.26. The molecule has 1 heterocycles. The van der Waals surface area contributed by atoms with Gasteiger partial charge in [0.1, 0.15) is 6.73 Å². The van der Waals surface area contributed by atoms with Crippen LogP contribution in [0.5, 0.6) is 0 Å². The molecule has 0 amide bonds. The number of benzene rings is 1. The summed E-state index contributed by atoms with van der Waals surface area (Å²) in [5, 5.41) is 0. The first-order valence-corrected chi connectivity index (χ1v) is 9.61. The first kappa shape index (κ1) is 18.5. The number of hydrogen-bond acceptors (Lipinski definition) is 4. The van der Waals surface area contributed by atoms with Crippen LogP contribution in [-0.4, -0.2) is 33.1 Å². The normalized spacial score (nSPS) is 26.4. The molecule has 3 atom stereocenters. The number of anilines is 2. The van der Waals surface area contributed by atoms with E-state index in [0.717, 1.165) is 18.4 Å². The fourth-order valence-corrected chi connectivity index (χ4v) is 3.95. The lowest BCUT2D eigenvalue weighted by Crippen LogP contribution is -2.36. The maximum atomic E-state index is 6.37. The lowest BCUT2D eigenvalue weighted by atomic mass is 9.76. The summed E-state index contributed by atoms with van der Waals surface area (Å²) in [6.07, 6.45) is 4.15. The van der Waals surface area contributed by atoms with Crippen molar-refractivity contribution in [2.75, 3.05) is 36.8 Å². The Labute approximate surface area is 153 Å². The van der Waals surface area contributed by atoms with Crippen LogP contribution in [0.1, 0.15) is 40.0 Å². The van der Waals surface area contributed by atoms with E-state index in [1.807, 2.05) is 0 Å². The standard InChI is InChI=1S/C21H32N2O2/c1-16(2)18-10-9-17(3)21(13-18)25-15-23-14-22(11-12-24-4)19-7-5-6-8-20(19)23/h5-8,16-18,21H,9-13,15H2,1-4H3/t17-,18+,21-/m0/s1. The second-order valence-corrected chi connectivity index (χ2v) is 7.79. The van der Waals surface area contributed by atoms with Crippen LogP contribution >= 0.6 is 0 Å². The molecule has 0 unspecified atom stereocenters. The molecule has 1 aliphatic heterocycles. The highest BCUT2D eigenvalue weighted by molar-refractivity contribution is 5.78. The van der Waals surface area contributed by atoms with Gasteiger partial charge in [-0.05, 0) is 49.1 Å². The van der Waals surface area contributed by atoms with Crippen LogP contribution in [0, 0.1) is 24.4 Å². The van der Waals surface area contributed by atoms with Gasteiger partial charge in [-0.15, -0.1) is 0 Å². The van der Waals surface area contributed by atoms with Crippen LogP contribution in [-0.2, 0) is 9.47 Å². The minimum absolute atomic E-state index is 0.350. The van der Waals surface area contributed by atoms with Gasteiger partial charge in [0.15, 0.2) is 0 Å². The molecule has 0 aromatic heterocycles. The molecule has 4 nitrogen and oxygen atoms in total. The number of fused-ring (bicyclic) bond motifs is 1. The molecule has 4 heteroatoms. The van der Waals surface area contributed by atoms with Crippen molar-refractivity contribution in [2.45, 2.75) is 46.1 Å². The Morgan fingerprint density at radius 3 is 2.56 bits per heavy atom. The Kier molecular flexibility index (Phi) is 6.24. The number of para-hydroxylation sites is 2. The second-order valence-electron chi connectivity index (χ2n) is 7.79. The van der Waals surface area contributed by atoms with Crippen LogP contribution in [0.2, 0.25) is 0 Å². The van der Waals surface area contributed by atoms with E-state index in [1.165, 1.54) is 30.6 Å². The van der Waals surface area contributed by atoms with Crippen molar-refractivity contribution >= 4 is 11.4 Å². The highest BCUT2D eigenvalue weighted by Gasteiger charge is 2.32. The van der Waals surface area contributed by atoms with E-state index in [0.29, 0.717) is 25.4 Å². The van der Waals surface area contributed by atoms with E-state index >= 15 is 0 Å². The predicted octanol–water partition coefficient (Wildman–Crippen LogP) is 4.39. The van der Waals surface area contributed by atoms with Crippen LogP contribution in [0.25, 0.3) is 0 Å². The van der Waals surface area contributed by atoms with E-state index in [4.69, 9.17) is 9.47 Å². The Bertz CT molecular complexity index is 548. The van der Waals surface area contributed by atoms with E-state index in [9.17, 15) is 0 Å². The van der Waals surface area contributed by atoms with Crippen molar-refractivity contribution in [1.82, 2.24) is 0 Å². The minimum Gasteiger partial charge on any atom is -0.383 e. The highest BCUT2D eigenvalue weighted by Crippen LogP contribution is 2.39. The van der Waals surface area contributed by atoms with Crippen LogP contribution in [0.15, 0.2) is 24.3 Å². The molecule has 1 saturated carbocycles. The first-order chi connectivity index (χ1) is 12.1. The number of ether oxygens (including phenoxy) is 2. The first-order valence-electron chi connectivity index (χ1n) is 9.61. The van der Waals surface area contributed by atoms with Crippen molar-refractivity contribution < 1.29 is 9.47 Å². The maximum absolute atomic E-state index is 6.37. The third kappa shape index (κ3) is 4.29. The van der Waals surface area contributed by atoms with Gasteiger partial charge in [-0.25, -0.2) is 0 Å². The minimum atomic E-state index is 0.350. The summed E-state index contributed by atoms with van der Waals surface area (Å²) in [6.45, 7) is 12.5. The highest BCUT2D eigenvalue weighted by atomic mass is 16.5. The van der Waals surface area contributed by atoms with Crippen LogP contribution < -0.4 is 9.80 Å². The quantitative estimate of drug-likeness (QED) is 0.732. The van der Waals surface area contributed by atoms with E-state index < -0.39 is 0 Å². The fraction of sp³-hybridized carbons (Fsp3) is 0.667. The summed E-state index contributed by atoms with van der Waals surface area (Å²) in [5.41, 5.74) is 2.35. The summed E-state index contributed by atoms with van der Waals surface area (Å²) in [5.74, 6) is 2.17. The predicted molar refractivity (Wildman–Crippen MR) is 102 cm³/mol. The molecule has 1 aliphatic carbocycles. The topological polar surface area (TPSA) is 24.9 Å². The largest absolute Gasteiger partial charge is 0.383 e. The van der Waals surface area contributed by atoms with Gasteiger partial charge in [0.25, 0.3) is 0 Å². The Morgan fingerprint density at radius 2 is 1.88 bits per heavy atom. The molecule has 0 spiro atoms. The van der Waals surface area contributed by atoms with Crippen molar-refractivity contribution in [2.24, 2.45) is 17.8 Å². The third-order valence-electron chi connectivity index (χ3n) is 5.75. The Morgan fingerprint density at radius 1 is 1.16 bits per heavy atom. The molecule has 0 bridgehead atoms. The number of methoxy groups -OCH3 is 1. The van der Waals surface area contributed by atoms with Crippen molar-refractivity contribution in [3.63, 3.8) is 0 Å². The van der Waals surface area contributed by atoms with Crippen molar-refractivity contribution in [3.8, 4) is 0 Å². The molecule has 0 N–H and O–H groups in total. The molecule has 138 valence electrons. The molecule has 1 aromatic carbocycles. The zero-order valence-corrected chi connectivity index (χ0v) is 16.1. The van der Waals surface area contributed by atoms with Crippen molar-refractivity contribution in [1.29, 1.82) is 0 Å². The Balaban J connectivity index is 1.61. The molecule has 2 aliphatic rings. The average molecular weight is 344 g/mol. The molecular formula is C21H32N2O2. The lowest BCUT2D eigenvalue weighted by molar-refractivity contribution is -0.0250. The van der Waals surface area contributed by atoms with E-state index in [2.05, 4.69) is 61.5 Å². The van der Waals surface area contributed by atoms with Gasteiger partial charge in [0.2, 0.25) is 6.67 Å². The number of nitrogens with zero attached hydrogens (tertiary/aromatic N) is 2. The number of rotatable bonds is 7. The molecule has 25 heavy (non-hydrogen) atoms. The summed E-state index contributed by atoms with van der Waals surface area (Å²) < 4.78 is 11.6. The van der Waals surface area contributed by atoms with Crippen molar-refractivity contribution in [3.05, 3.63) is 30.9 Å². The van der Waals surface area contributed by atoms with Gasteiger partial charge in [-0.2, -0.15) is 0 Å². The maximum Gasteiger partial charge on any atom is 0.210 e. The van der Waals surface area contributed by atoms with Crippen LogP contribution in [0.3, 0.4) is 0 Å².